The summed E-state index contributed by atoms with van der Waals surface area (Å²) in [5.74, 6) is 0.369. The maximum Gasteiger partial charge on any atom is 0.256 e. The molecule has 2 aromatic carbocycles. The zero-order valence-corrected chi connectivity index (χ0v) is 15.4. The Bertz CT molecular complexity index is 971. The first-order valence-electron chi connectivity index (χ1n) is 8.16. The quantitative estimate of drug-likeness (QED) is 0.689. The van der Waals surface area contributed by atoms with E-state index in [-0.39, 0.29) is 5.91 Å². The number of carbonyl (C=O) groups is 1. The number of carbonyl (C=O) groups excluding carboxylic acids is 1. The number of ether oxygens (including phenoxy) is 1. The highest BCUT2D eigenvalue weighted by Crippen LogP contribution is 2.32. The summed E-state index contributed by atoms with van der Waals surface area (Å²) in [5.41, 5.74) is 2.98. The van der Waals surface area contributed by atoms with Crippen molar-refractivity contribution in [1.82, 2.24) is 0 Å². The van der Waals surface area contributed by atoms with Crippen LogP contribution in [0.25, 0.3) is 0 Å². The van der Waals surface area contributed by atoms with Crippen LogP contribution in [0.5, 0.6) is 5.75 Å². The van der Waals surface area contributed by atoms with Gasteiger partial charge in [0, 0.05) is 10.4 Å². The van der Waals surface area contributed by atoms with Gasteiger partial charge >= 0.3 is 0 Å². The fourth-order valence-corrected chi connectivity index (χ4v) is 3.50. The molecule has 0 bridgehead atoms. The van der Waals surface area contributed by atoms with Crippen molar-refractivity contribution in [3.8, 4) is 11.8 Å². The van der Waals surface area contributed by atoms with Crippen molar-refractivity contribution in [1.29, 1.82) is 5.26 Å². The number of hydrogen-bond donors (Lipinski definition) is 1. The predicted octanol–water partition coefficient (Wildman–Crippen LogP) is 5.07. The number of benzene rings is 2. The number of nitrogens with zero attached hydrogens (tertiary/aromatic N) is 1. The minimum Gasteiger partial charge on any atom is -0.489 e. The van der Waals surface area contributed by atoms with Gasteiger partial charge in [-0.05, 0) is 43.2 Å². The third kappa shape index (κ3) is 3.93. The molecule has 3 aromatic rings. The molecule has 26 heavy (non-hydrogen) atoms. The molecule has 1 aromatic heterocycles. The van der Waals surface area contributed by atoms with Crippen molar-refractivity contribution < 1.29 is 9.53 Å². The van der Waals surface area contributed by atoms with Gasteiger partial charge in [-0.2, -0.15) is 5.26 Å². The van der Waals surface area contributed by atoms with Crippen molar-refractivity contribution >= 4 is 22.2 Å². The van der Waals surface area contributed by atoms with E-state index in [0.29, 0.717) is 28.5 Å². The number of thiophene rings is 1. The highest BCUT2D eigenvalue weighted by molar-refractivity contribution is 7.16. The predicted molar refractivity (Wildman–Crippen MR) is 104 cm³/mol. The van der Waals surface area contributed by atoms with Gasteiger partial charge in [0.25, 0.3) is 5.91 Å². The summed E-state index contributed by atoms with van der Waals surface area (Å²) in [6.45, 7) is 4.26. The molecule has 0 aliphatic carbocycles. The van der Waals surface area contributed by atoms with Crippen molar-refractivity contribution in [3.63, 3.8) is 0 Å². The Balaban J connectivity index is 1.72. The third-order valence-electron chi connectivity index (χ3n) is 4.07. The summed E-state index contributed by atoms with van der Waals surface area (Å²) in [4.78, 5) is 13.6. The van der Waals surface area contributed by atoms with Crippen LogP contribution in [0.15, 0.2) is 54.6 Å². The van der Waals surface area contributed by atoms with Crippen LogP contribution in [0.1, 0.15) is 31.9 Å². The number of amides is 1. The lowest BCUT2D eigenvalue weighted by molar-refractivity contribution is 0.102. The lowest BCUT2D eigenvalue weighted by atomic mass is 10.1. The molecular weight excluding hydrogens is 344 g/mol. The van der Waals surface area contributed by atoms with Crippen LogP contribution in [0.3, 0.4) is 0 Å². The van der Waals surface area contributed by atoms with Crippen molar-refractivity contribution in [2.45, 2.75) is 20.5 Å². The first-order valence-corrected chi connectivity index (χ1v) is 8.98. The highest BCUT2D eigenvalue weighted by atomic mass is 32.1. The van der Waals surface area contributed by atoms with E-state index in [1.165, 1.54) is 11.3 Å². The normalized spacial score (nSPS) is 10.2. The Hall–Kier alpha value is -3.10. The Kier molecular flexibility index (Phi) is 5.35. The number of hydrogen-bond acceptors (Lipinski definition) is 4. The monoisotopic (exact) mass is 362 g/mol. The molecule has 0 radical (unpaired) electrons. The standard InChI is InChI=1S/C21H18N2O2S/c1-14-15(2)26-21(19(14)12-22)23-20(24)17-9-6-10-18(11-17)25-13-16-7-4-3-5-8-16/h3-11H,13H2,1-2H3,(H,23,24). The zero-order valence-electron chi connectivity index (χ0n) is 14.6. The molecule has 0 spiro atoms. The Morgan fingerprint density at radius 3 is 2.65 bits per heavy atom. The van der Waals surface area contributed by atoms with Crippen LogP contribution in [0.2, 0.25) is 0 Å². The van der Waals surface area contributed by atoms with Gasteiger partial charge in [0.1, 0.15) is 23.4 Å². The summed E-state index contributed by atoms with van der Waals surface area (Å²) < 4.78 is 5.77. The smallest absolute Gasteiger partial charge is 0.256 e. The van der Waals surface area contributed by atoms with Crippen molar-refractivity contribution in [3.05, 3.63) is 81.7 Å². The van der Waals surface area contributed by atoms with Crippen LogP contribution in [0, 0.1) is 25.2 Å². The average molecular weight is 362 g/mol. The average Bonchev–Trinajstić information content (AvgIpc) is 2.94. The molecule has 0 saturated carbocycles. The van der Waals surface area contributed by atoms with E-state index >= 15 is 0 Å². The third-order valence-corrected chi connectivity index (χ3v) is 5.19. The van der Waals surface area contributed by atoms with E-state index in [2.05, 4.69) is 11.4 Å². The summed E-state index contributed by atoms with van der Waals surface area (Å²) in [5, 5.41) is 12.7. The molecule has 0 unspecified atom stereocenters. The number of rotatable bonds is 5. The van der Waals surface area contributed by atoms with Gasteiger partial charge in [0.05, 0.1) is 5.56 Å². The summed E-state index contributed by atoms with van der Waals surface area (Å²) in [6.07, 6.45) is 0. The van der Waals surface area contributed by atoms with Crippen LogP contribution in [0.4, 0.5) is 5.00 Å². The lowest BCUT2D eigenvalue weighted by Gasteiger charge is -2.08. The molecule has 0 saturated heterocycles. The molecule has 3 rings (SSSR count). The molecule has 4 nitrogen and oxygen atoms in total. The van der Waals surface area contributed by atoms with Gasteiger partial charge in [0.15, 0.2) is 0 Å². The zero-order chi connectivity index (χ0) is 18.5. The summed E-state index contributed by atoms with van der Waals surface area (Å²) >= 11 is 1.41. The number of anilines is 1. The van der Waals surface area contributed by atoms with Crippen LogP contribution in [-0.2, 0) is 6.61 Å². The molecule has 1 heterocycles. The van der Waals surface area contributed by atoms with Crippen molar-refractivity contribution in [2.24, 2.45) is 0 Å². The second-order valence-corrected chi connectivity index (χ2v) is 7.08. The first kappa shape index (κ1) is 17.7. The van der Waals surface area contributed by atoms with Gasteiger partial charge in [0.2, 0.25) is 0 Å². The van der Waals surface area contributed by atoms with E-state index in [1.807, 2.05) is 50.2 Å². The van der Waals surface area contributed by atoms with E-state index in [1.54, 1.807) is 18.2 Å². The molecule has 1 amide bonds. The molecule has 0 atom stereocenters. The van der Waals surface area contributed by atoms with Crippen LogP contribution >= 0.6 is 11.3 Å². The molecule has 0 aliphatic heterocycles. The van der Waals surface area contributed by atoms with E-state index in [4.69, 9.17) is 4.74 Å². The fourth-order valence-electron chi connectivity index (χ4n) is 2.49. The van der Waals surface area contributed by atoms with E-state index in [0.717, 1.165) is 16.0 Å². The SMILES string of the molecule is Cc1sc(NC(=O)c2cccc(OCc3ccccc3)c2)c(C#N)c1C. The topological polar surface area (TPSA) is 62.1 Å². The Labute approximate surface area is 156 Å². The molecular formula is C21H18N2O2S. The summed E-state index contributed by atoms with van der Waals surface area (Å²) in [7, 11) is 0. The van der Waals surface area contributed by atoms with Gasteiger partial charge < -0.3 is 10.1 Å². The Morgan fingerprint density at radius 2 is 1.92 bits per heavy atom. The van der Waals surface area contributed by atoms with Gasteiger partial charge in [-0.25, -0.2) is 0 Å². The van der Waals surface area contributed by atoms with E-state index < -0.39 is 0 Å². The van der Waals surface area contributed by atoms with Gasteiger partial charge in [-0.1, -0.05) is 36.4 Å². The molecule has 0 aliphatic rings. The number of aryl methyl sites for hydroxylation is 1. The lowest BCUT2D eigenvalue weighted by Crippen LogP contribution is -2.12. The first-order chi connectivity index (χ1) is 12.6. The molecule has 5 heteroatoms. The number of nitrogens with one attached hydrogen (secondary N) is 1. The second-order valence-electron chi connectivity index (χ2n) is 5.86. The molecule has 0 fully saturated rings. The largest absolute Gasteiger partial charge is 0.489 e. The Morgan fingerprint density at radius 1 is 1.15 bits per heavy atom. The maximum atomic E-state index is 12.6. The van der Waals surface area contributed by atoms with E-state index in [9.17, 15) is 10.1 Å². The minimum atomic E-state index is -0.257. The minimum absolute atomic E-state index is 0.257. The molecule has 130 valence electrons. The van der Waals surface area contributed by atoms with Gasteiger partial charge in [-0.3, -0.25) is 4.79 Å². The van der Waals surface area contributed by atoms with Crippen molar-refractivity contribution in [2.75, 3.05) is 5.32 Å². The second kappa shape index (κ2) is 7.85. The van der Waals surface area contributed by atoms with Gasteiger partial charge in [-0.15, -0.1) is 11.3 Å². The maximum absolute atomic E-state index is 12.6. The van der Waals surface area contributed by atoms with Crippen LogP contribution in [-0.4, -0.2) is 5.91 Å². The molecule has 1 N–H and O–H groups in total. The van der Waals surface area contributed by atoms with Crippen LogP contribution < -0.4 is 10.1 Å². The summed E-state index contributed by atoms with van der Waals surface area (Å²) in [6, 6.07) is 19.0. The fraction of sp³-hybridized carbons (Fsp3) is 0.143. The number of nitriles is 1. The highest BCUT2D eigenvalue weighted by Gasteiger charge is 2.15.